The summed E-state index contributed by atoms with van der Waals surface area (Å²) in [5, 5.41) is 2.93. The average molecular weight is 518 g/mol. The third-order valence-corrected chi connectivity index (χ3v) is 6.54. The lowest BCUT2D eigenvalue weighted by Crippen LogP contribution is -2.63. The second kappa shape index (κ2) is 12.1. The van der Waals surface area contributed by atoms with Crippen molar-refractivity contribution in [3.05, 3.63) is 35.9 Å². The molecule has 0 aliphatic carbocycles. The van der Waals surface area contributed by atoms with Crippen LogP contribution in [0, 0.1) is 11.3 Å². The van der Waals surface area contributed by atoms with Gasteiger partial charge in [-0.3, -0.25) is 14.5 Å². The van der Waals surface area contributed by atoms with Gasteiger partial charge in [-0.15, -0.1) is 0 Å². The Kier molecular flexibility index (Phi) is 10.5. The molecule has 3 amide bonds. The minimum absolute atomic E-state index is 0.0918. The second-order valence-electron chi connectivity index (χ2n) is 12.7. The van der Waals surface area contributed by atoms with Crippen molar-refractivity contribution in [1.82, 2.24) is 15.1 Å². The van der Waals surface area contributed by atoms with E-state index in [9.17, 15) is 19.2 Å². The van der Waals surface area contributed by atoms with Gasteiger partial charge in [-0.05, 0) is 37.7 Å². The molecule has 0 spiro atoms. The van der Waals surface area contributed by atoms with Crippen molar-refractivity contribution in [2.45, 2.75) is 98.4 Å². The van der Waals surface area contributed by atoms with Crippen molar-refractivity contribution >= 4 is 24.2 Å². The number of nitrogens with zero attached hydrogens (tertiary/aromatic N) is 2. The fraction of sp³-hybridized carbons (Fsp3) is 0.655. The molecule has 0 radical (unpaired) electrons. The fourth-order valence-electron chi connectivity index (χ4n) is 4.37. The molecule has 3 atom stereocenters. The summed E-state index contributed by atoms with van der Waals surface area (Å²) in [6.45, 7) is 18.3. The van der Waals surface area contributed by atoms with Crippen molar-refractivity contribution in [2.75, 3.05) is 14.1 Å². The summed E-state index contributed by atoms with van der Waals surface area (Å²) in [5.74, 6) is -0.954. The molecule has 0 heterocycles. The normalized spacial score (nSPS) is 14.8. The minimum atomic E-state index is -1.00. The first-order valence-electron chi connectivity index (χ1n) is 12.8. The number of rotatable bonds is 9. The van der Waals surface area contributed by atoms with E-state index in [1.807, 2.05) is 78.8 Å². The standard InChI is InChI=1S/C29H47N3O5/c1-19(2)21(18-33)31(11)25(35)22(27(3,4)5)30-24(34)23(32(12)26(36)37-28(6,7)8)29(9,10)20-16-14-13-15-17-20/h13-19,21-23H,1-12H3,(H,30,34). The molecule has 37 heavy (non-hydrogen) atoms. The molecule has 8 nitrogen and oxygen atoms in total. The van der Waals surface area contributed by atoms with Crippen LogP contribution in [-0.4, -0.2) is 71.8 Å². The minimum Gasteiger partial charge on any atom is -0.444 e. The molecule has 8 heteroatoms. The van der Waals surface area contributed by atoms with Crippen molar-refractivity contribution in [3.63, 3.8) is 0 Å². The van der Waals surface area contributed by atoms with Crippen LogP contribution in [0.25, 0.3) is 0 Å². The second-order valence-corrected chi connectivity index (χ2v) is 12.7. The van der Waals surface area contributed by atoms with Crippen LogP contribution >= 0.6 is 0 Å². The van der Waals surface area contributed by atoms with Crippen LogP contribution in [0.3, 0.4) is 0 Å². The zero-order valence-electron chi connectivity index (χ0n) is 24.7. The van der Waals surface area contributed by atoms with Gasteiger partial charge in [-0.25, -0.2) is 4.79 Å². The zero-order chi connectivity index (χ0) is 28.9. The Morgan fingerprint density at radius 3 is 1.81 bits per heavy atom. The van der Waals surface area contributed by atoms with Gasteiger partial charge in [0.1, 0.15) is 24.0 Å². The van der Waals surface area contributed by atoms with E-state index in [1.54, 1.807) is 27.8 Å². The topological polar surface area (TPSA) is 96.0 Å². The van der Waals surface area contributed by atoms with E-state index in [0.29, 0.717) is 0 Å². The average Bonchev–Trinajstić information content (AvgIpc) is 2.75. The highest BCUT2D eigenvalue weighted by atomic mass is 16.6. The van der Waals surface area contributed by atoms with Gasteiger partial charge in [0.05, 0.1) is 6.04 Å². The highest BCUT2D eigenvalue weighted by molar-refractivity contribution is 5.93. The molecule has 0 saturated heterocycles. The smallest absolute Gasteiger partial charge is 0.410 e. The Bertz CT molecular complexity index is 945. The van der Waals surface area contributed by atoms with Gasteiger partial charge >= 0.3 is 6.09 Å². The van der Waals surface area contributed by atoms with Crippen LogP contribution in [0.15, 0.2) is 30.3 Å². The lowest BCUT2D eigenvalue weighted by atomic mass is 9.76. The van der Waals surface area contributed by atoms with Crippen molar-refractivity contribution in [3.8, 4) is 0 Å². The molecule has 0 saturated carbocycles. The van der Waals surface area contributed by atoms with Crippen molar-refractivity contribution < 1.29 is 23.9 Å². The highest BCUT2D eigenvalue weighted by Gasteiger charge is 2.45. The van der Waals surface area contributed by atoms with E-state index in [-0.39, 0.29) is 11.8 Å². The van der Waals surface area contributed by atoms with E-state index in [2.05, 4.69) is 5.32 Å². The van der Waals surface area contributed by atoms with Crippen LogP contribution in [0.2, 0.25) is 0 Å². The summed E-state index contributed by atoms with van der Waals surface area (Å²) in [6, 6.07) is 6.88. The molecule has 0 aliphatic rings. The lowest BCUT2D eigenvalue weighted by Gasteiger charge is -2.42. The number of nitrogens with one attached hydrogen (secondary N) is 1. The van der Waals surface area contributed by atoms with Gasteiger partial charge in [-0.1, -0.05) is 78.8 Å². The van der Waals surface area contributed by atoms with Crippen LogP contribution in [0.4, 0.5) is 4.79 Å². The number of ether oxygens (including phenoxy) is 1. The predicted octanol–water partition coefficient (Wildman–Crippen LogP) is 4.41. The van der Waals surface area contributed by atoms with E-state index in [1.165, 1.54) is 16.8 Å². The lowest BCUT2D eigenvalue weighted by molar-refractivity contribution is -0.144. The van der Waals surface area contributed by atoms with Crippen LogP contribution in [0.1, 0.15) is 74.8 Å². The summed E-state index contributed by atoms with van der Waals surface area (Å²) in [4.78, 5) is 55.2. The van der Waals surface area contributed by atoms with Gasteiger partial charge in [0, 0.05) is 19.5 Å². The first kappa shape index (κ1) is 32.1. The number of hydrogen-bond acceptors (Lipinski definition) is 5. The number of carbonyl (C=O) groups excluding carboxylic acids is 4. The Labute approximate surface area is 223 Å². The Balaban J connectivity index is 3.53. The Morgan fingerprint density at radius 2 is 1.41 bits per heavy atom. The van der Waals surface area contributed by atoms with Crippen LogP contribution < -0.4 is 5.32 Å². The molecule has 1 rings (SSSR count). The third kappa shape index (κ3) is 8.30. The van der Waals surface area contributed by atoms with Gasteiger partial charge in [0.15, 0.2) is 0 Å². The summed E-state index contributed by atoms with van der Waals surface area (Å²) in [5.41, 5.74) is -1.41. The summed E-state index contributed by atoms with van der Waals surface area (Å²) in [6.07, 6.45) is 0.107. The number of amides is 3. The van der Waals surface area contributed by atoms with Crippen molar-refractivity contribution in [2.24, 2.45) is 11.3 Å². The molecular weight excluding hydrogens is 470 g/mol. The number of aldehydes is 1. The fourth-order valence-corrected chi connectivity index (χ4v) is 4.37. The molecule has 1 aromatic rings. The SMILES string of the molecule is CC(C)C(C=O)N(C)C(=O)C(NC(=O)C(N(C)C(=O)OC(C)(C)C)C(C)(C)c1ccccc1)C(C)(C)C. The zero-order valence-corrected chi connectivity index (χ0v) is 24.7. The Hall–Kier alpha value is -2.90. The maximum Gasteiger partial charge on any atom is 0.410 e. The van der Waals surface area contributed by atoms with E-state index >= 15 is 0 Å². The van der Waals surface area contributed by atoms with Gasteiger partial charge in [0.2, 0.25) is 11.8 Å². The molecule has 0 fully saturated rings. The molecule has 0 bridgehead atoms. The molecule has 0 aliphatic heterocycles. The summed E-state index contributed by atoms with van der Waals surface area (Å²) < 4.78 is 5.58. The Morgan fingerprint density at radius 1 is 0.892 bits per heavy atom. The highest BCUT2D eigenvalue weighted by Crippen LogP contribution is 2.32. The molecule has 3 unspecified atom stereocenters. The van der Waals surface area contributed by atoms with E-state index < -0.39 is 46.6 Å². The third-order valence-electron chi connectivity index (χ3n) is 6.54. The van der Waals surface area contributed by atoms with Crippen LogP contribution in [-0.2, 0) is 24.5 Å². The summed E-state index contributed by atoms with van der Waals surface area (Å²) in [7, 11) is 3.11. The first-order valence-corrected chi connectivity index (χ1v) is 12.8. The molecule has 1 N–H and O–H groups in total. The number of hydrogen-bond donors (Lipinski definition) is 1. The van der Waals surface area contributed by atoms with Gasteiger partial charge in [0.25, 0.3) is 0 Å². The molecule has 0 aromatic heterocycles. The van der Waals surface area contributed by atoms with Gasteiger partial charge < -0.3 is 19.7 Å². The van der Waals surface area contributed by atoms with Crippen LogP contribution in [0.5, 0.6) is 0 Å². The molecular formula is C29H47N3O5. The number of carbonyl (C=O) groups is 4. The largest absolute Gasteiger partial charge is 0.444 e. The van der Waals surface area contributed by atoms with Crippen molar-refractivity contribution in [1.29, 1.82) is 0 Å². The maximum absolute atomic E-state index is 14.0. The quantitative estimate of drug-likeness (QED) is 0.490. The monoisotopic (exact) mass is 517 g/mol. The van der Waals surface area contributed by atoms with E-state index in [0.717, 1.165) is 11.8 Å². The summed E-state index contributed by atoms with van der Waals surface area (Å²) >= 11 is 0. The number of benzene rings is 1. The maximum atomic E-state index is 14.0. The first-order chi connectivity index (χ1) is 16.8. The molecule has 208 valence electrons. The van der Waals surface area contributed by atoms with Gasteiger partial charge in [-0.2, -0.15) is 0 Å². The molecule has 1 aromatic carbocycles. The number of likely N-dealkylation sites (N-methyl/N-ethyl adjacent to an activating group) is 2. The predicted molar refractivity (Wildman–Crippen MR) is 146 cm³/mol. The van der Waals surface area contributed by atoms with E-state index in [4.69, 9.17) is 4.74 Å².